The molecule has 1 aliphatic carbocycles. The summed E-state index contributed by atoms with van der Waals surface area (Å²) in [7, 11) is 0. The lowest BCUT2D eigenvalue weighted by molar-refractivity contribution is 0.248. The SMILES string of the molecule is Cc1noc(C)c1CC(C)NC(=O)Nc1ccnn1C1CCCCC1. The van der Waals surface area contributed by atoms with E-state index in [1.807, 2.05) is 31.5 Å². The zero-order valence-corrected chi connectivity index (χ0v) is 15.2. The fourth-order valence-corrected chi connectivity index (χ4v) is 3.56. The van der Waals surface area contributed by atoms with Gasteiger partial charge in [0.2, 0.25) is 0 Å². The Labute approximate surface area is 148 Å². The Bertz CT molecular complexity index is 695. The lowest BCUT2D eigenvalue weighted by Gasteiger charge is -2.24. The molecule has 2 amide bonds. The lowest BCUT2D eigenvalue weighted by atomic mass is 9.96. The molecule has 2 aromatic heterocycles. The van der Waals surface area contributed by atoms with E-state index in [-0.39, 0.29) is 12.1 Å². The zero-order chi connectivity index (χ0) is 17.8. The second-order valence-electron chi connectivity index (χ2n) is 6.96. The summed E-state index contributed by atoms with van der Waals surface area (Å²) in [6, 6.07) is 2.01. The summed E-state index contributed by atoms with van der Waals surface area (Å²) in [4.78, 5) is 12.4. The van der Waals surface area contributed by atoms with E-state index in [0.717, 1.165) is 35.7 Å². The highest BCUT2D eigenvalue weighted by Gasteiger charge is 2.20. The number of aromatic nitrogens is 3. The van der Waals surface area contributed by atoms with Gasteiger partial charge in [-0.3, -0.25) is 5.32 Å². The van der Waals surface area contributed by atoms with Crippen LogP contribution in [0.15, 0.2) is 16.8 Å². The first-order valence-electron chi connectivity index (χ1n) is 9.07. The molecule has 0 radical (unpaired) electrons. The molecule has 3 rings (SSSR count). The first-order chi connectivity index (χ1) is 12.0. The standard InChI is InChI=1S/C18H27N5O2/c1-12(11-16-13(2)22-25-14(16)3)20-18(24)21-17-9-10-19-23(17)15-7-5-4-6-8-15/h9-10,12,15H,4-8,11H2,1-3H3,(H2,20,21,24). The predicted molar refractivity (Wildman–Crippen MR) is 95.6 cm³/mol. The minimum absolute atomic E-state index is 0.0251. The maximum atomic E-state index is 12.4. The van der Waals surface area contributed by atoms with E-state index < -0.39 is 0 Å². The van der Waals surface area contributed by atoms with Crippen LogP contribution in [-0.4, -0.2) is 27.0 Å². The summed E-state index contributed by atoms with van der Waals surface area (Å²) < 4.78 is 7.14. The van der Waals surface area contributed by atoms with Gasteiger partial charge in [0.05, 0.1) is 17.9 Å². The third-order valence-corrected chi connectivity index (χ3v) is 4.90. The summed E-state index contributed by atoms with van der Waals surface area (Å²) in [6.45, 7) is 5.79. The van der Waals surface area contributed by atoms with Crippen molar-refractivity contribution < 1.29 is 9.32 Å². The topological polar surface area (TPSA) is 85.0 Å². The van der Waals surface area contributed by atoms with Crippen LogP contribution >= 0.6 is 0 Å². The molecule has 7 nitrogen and oxygen atoms in total. The smallest absolute Gasteiger partial charge is 0.320 e. The summed E-state index contributed by atoms with van der Waals surface area (Å²) in [5.74, 6) is 1.57. The number of rotatable bonds is 5. The van der Waals surface area contributed by atoms with Gasteiger partial charge in [0, 0.05) is 17.7 Å². The molecule has 2 aromatic rings. The van der Waals surface area contributed by atoms with Crippen LogP contribution in [0.1, 0.15) is 62.1 Å². The minimum Gasteiger partial charge on any atom is -0.361 e. The highest BCUT2D eigenvalue weighted by Crippen LogP contribution is 2.29. The number of nitrogens with zero attached hydrogens (tertiary/aromatic N) is 3. The van der Waals surface area contributed by atoms with Crippen molar-refractivity contribution in [2.24, 2.45) is 0 Å². The quantitative estimate of drug-likeness (QED) is 0.864. The van der Waals surface area contributed by atoms with Gasteiger partial charge in [-0.25, -0.2) is 9.48 Å². The van der Waals surface area contributed by atoms with Gasteiger partial charge in [-0.15, -0.1) is 0 Å². The average Bonchev–Trinajstić information content (AvgIpc) is 3.17. The van der Waals surface area contributed by atoms with Crippen LogP contribution in [0.5, 0.6) is 0 Å². The molecule has 25 heavy (non-hydrogen) atoms. The van der Waals surface area contributed by atoms with Crippen LogP contribution < -0.4 is 10.6 Å². The Morgan fingerprint density at radius 1 is 1.36 bits per heavy atom. The van der Waals surface area contributed by atoms with E-state index >= 15 is 0 Å². The van der Waals surface area contributed by atoms with Crippen molar-refractivity contribution in [3.8, 4) is 0 Å². The van der Waals surface area contributed by atoms with E-state index in [0.29, 0.717) is 12.5 Å². The average molecular weight is 345 g/mol. The number of carbonyl (C=O) groups is 1. The van der Waals surface area contributed by atoms with Crippen LogP contribution in [0.25, 0.3) is 0 Å². The lowest BCUT2D eigenvalue weighted by Crippen LogP contribution is -2.38. The van der Waals surface area contributed by atoms with Crippen molar-refractivity contribution in [2.75, 3.05) is 5.32 Å². The largest absolute Gasteiger partial charge is 0.361 e. The maximum absolute atomic E-state index is 12.4. The molecule has 2 heterocycles. The summed E-state index contributed by atoms with van der Waals surface area (Å²) >= 11 is 0. The highest BCUT2D eigenvalue weighted by atomic mass is 16.5. The highest BCUT2D eigenvalue weighted by molar-refractivity contribution is 5.88. The molecule has 0 saturated heterocycles. The molecular formula is C18H27N5O2. The molecule has 0 aromatic carbocycles. The van der Waals surface area contributed by atoms with Crippen molar-refractivity contribution in [3.05, 3.63) is 29.3 Å². The fraction of sp³-hybridized carbons (Fsp3) is 0.611. The normalized spacial score (nSPS) is 16.6. The summed E-state index contributed by atoms with van der Waals surface area (Å²) in [5, 5.41) is 14.3. The Morgan fingerprint density at radius 3 is 2.80 bits per heavy atom. The molecular weight excluding hydrogens is 318 g/mol. The van der Waals surface area contributed by atoms with Gasteiger partial charge in [-0.05, 0) is 40.0 Å². The Balaban J connectivity index is 1.57. The molecule has 2 N–H and O–H groups in total. The number of nitrogens with one attached hydrogen (secondary N) is 2. The third kappa shape index (κ3) is 4.21. The Hall–Kier alpha value is -2.31. The van der Waals surface area contributed by atoms with Gasteiger partial charge < -0.3 is 9.84 Å². The van der Waals surface area contributed by atoms with Gasteiger partial charge in [0.1, 0.15) is 11.6 Å². The second-order valence-corrected chi connectivity index (χ2v) is 6.96. The molecule has 1 fully saturated rings. The molecule has 1 aliphatic rings. The number of carbonyl (C=O) groups excluding carboxylic acids is 1. The monoisotopic (exact) mass is 345 g/mol. The molecule has 1 atom stereocenters. The summed E-state index contributed by atoms with van der Waals surface area (Å²) in [6.07, 6.45) is 8.43. The predicted octanol–water partition coefficient (Wildman–Crippen LogP) is 3.75. The van der Waals surface area contributed by atoms with Crippen LogP contribution in [0.2, 0.25) is 0 Å². The van der Waals surface area contributed by atoms with Crippen LogP contribution in [0, 0.1) is 13.8 Å². The van der Waals surface area contributed by atoms with E-state index in [1.165, 1.54) is 19.3 Å². The first-order valence-corrected chi connectivity index (χ1v) is 9.07. The second kappa shape index (κ2) is 7.72. The fourth-order valence-electron chi connectivity index (χ4n) is 3.56. The van der Waals surface area contributed by atoms with Gasteiger partial charge in [-0.1, -0.05) is 24.4 Å². The molecule has 0 bridgehead atoms. The Morgan fingerprint density at radius 2 is 2.12 bits per heavy atom. The zero-order valence-electron chi connectivity index (χ0n) is 15.2. The summed E-state index contributed by atoms with van der Waals surface area (Å²) in [5.41, 5.74) is 1.93. The number of anilines is 1. The number of amides is 2. The van der Waals surface area contributed by atoms with E-state index in [1.54, 1.807) is 6.20 Å². The van der Waals surface area contributed by atoms with Crippen molar-refractivity contribution in [1.82, 2.24) is 20.3 Å². The Kier molecular flexibility index (Phi) is 5.40. The third-order valence-electron chi connectivity index (χ3n) is 4.90. The van der Waals surface area contributed by atoms with E-state index in [9.17, 15) is 4.79 Å². The van der Waals surface area contributed by atoms with E-state index in [2.05, 4.69) is 20.9 Å². The van der Waals surface area contributed by atoms with Crippen molar-refractivity contribution >= 4 is 11.8 Å². The van der Waals surface area contributed by atoms with Gasteiger partial charge >= 0.3 is 6.03 Å². The first kappa shape index (κ1) is 17.5. The van der Waals surface area contributed by atoms with Crippen molar-refractivity contribution in [2.45, 2.75) is 71.4 Å². The number of urea groups is 1. The van der Waals surface area contributed by atoms with Gasteiger partial charge in [-0.2, -0.15) is 5.10 Å². The molecule has 7 heteroatoms. The molecule has 0 spiro atoms. The minimum atomic E-state index is -0.211. The van der Waals surface area contributed by atoms with Gasteiger partial charge in [0.15, 0.2) is 0 Å². The molecule has 136 valence electrons. The number of aryl methyl sites for hydroxylation is 2. The van der Waals surface area contributed by atoms with Crippen molar-refractivity contribution in [3.63, 3.8) is 0 Å². The molecule has 0 aliphatic heterocycles. The van der Waals surface area contributed by atoms with Gasteiger partial charge in [0.25, 0.3) is 0 Å². The van der Waals surface area contributed by atoms with Crippen molar-refractivity contribution in [1.29, 1.82) is 0 Å². The van der Waals surface area contributed by atoms with Crippen LogP contribution in [-0.2, 0) is 6.42 Å². The van der Waals surface area contributed by atoms with Crippen LogP contribution in [0.4, 0.5) is 10.6 Å². The number of hydrogen-bond acceptors (Lipinski definition) is 4. The van der Waals surface area contributed by atoms with Crippen LogP contribution in [0.3, 0.4) is 0 Å². The molecule has 1 saturated carbocycles. The number of hydrogen-bond donors (Lipinski definition) is 2. The van der Waals surface area contributed by atoms with E-state index in [4.69, 9.17) is 4.52 Å². The molecule has 1 unspecified atom stereocenters. The maximum Gasteiger partial charge on any atom is 0.320 e.